The van der Waals surface area contributed by atoms with E-state index in [1.54, 1.807) is 38.4 Å². The molecule has 0 aliphatic carbocycles. The molecule has 1 saturated heterocycles. The van der Waals surface area contributed by atoms with Crippen LogP contribution in [0.4, 0.5) is 4.79 Å². The molecule has 2 rings (SSSR count). The fraction of sp³-hybridized carbons (Fsp3) is 0.333. The van der Waals surface area contributed by atoms with Crippen molar-refractivity contribution in [1.82, 2.24) is 9.80 Å². The van der Waals surface area contributed by atoms with Gasteiger partial charge in [0.2, 0.25) is 5.78 Å². The lowest BCUT2D eigenvalue weighted by Crippen LogP contribution is -2.63. The summed E-state index contributed by atoms with van der Waals surface area (Å²) in [5, 5.41) is 9.56. The van der Waals surface area contributed by atoms with Crippen molar-refractivity contribution in [2.45, 2.75) is 12.3 Å². The van der Waals surface area contributed by atoms with Gasteiger partial charge in [-0.3, -0.25) is 9.69 Å². The highest BCUT2D eigenvalue weighted by atomic mass is 16.3. The Morgan fingerprint density at radius 2 is 1.88 bits per heavy atom. The molecule has 1 aromatic carbocycles. The minimum Gasteiger partial charge on any atom is -0.367 e. The summed E-state index contributed by atoms with van der Waals surface area (Å²) in [5.74, 6) is -0.341. The number of aliphatic hydroxyl groups is 1. The number of benzene rings is 1. The zero-order valence-electron chi connectivity index (χ0n) is 9.70. The van der Waals surface area contributed by atoms with Crippen LogP contribution in [0.15, 0.2) is 30.3 Å². The number of Topliss-reactive ketones (excluding diaryl/α,β-unsaturated/α-hetero) is 1. The molecule has 2 atom stereocenters. The van der Waals surface area contributed by atoms with Gasteiger partial charge in [0.05, 0.1) is 0 Å². The minimum atomic E-state index is -1.32. The summed E-state index contributed by atoms with van der Waals surface area (Å²) in [6, 6.07) is 7.93. The van der Waals surface area contributed by atoms with Gasteiger partial charge in [-0.15, -0.1) is 0 Å². The van der Waals surface area contributed by atoms with Crippen molar-refractivity contribution in [2.75, 3.05) is 14.1 Å². The van der Waals surface area contributed by atoms with Gasteiger partial charge in [-0.25, -0.2) is 4.79 Å². The molecule has 1 N–H and O–H groups in total. The van der Waals surface area contributed by atoms with Gasteiger partial charge in [0.1, 0.15) is 6.04 Å². The number of aliphatic hydroxyl groups excluding tert-OH is 1. The van der Waals surface area contributed by atoms with Crippen molar-refractivity contribution in [3.05, 3.63) is 35.9 Å². The number of hydrogen-bond donors (Lipinski definition) is 1. The highest BCUT2D eigenvalue weighted by Crippen LogP contribution is 2.34. The van der Waals surface area contributed by atoms with E-state index in [0.29, 0.717) is 0 Å². The number of ketones is 1. The number of hydrogen-bond acceptors (Lipinski definition) is 3. The molecule has 0 saturated carbocycles. The molecule has 0 bridgehead atoms. The van der Waals surface area contributed by atoms with Gasteiger partial charge in [-0.05, 0) is 5.56 Å². The molecule has 0 aromatic heterocycles. The second-order valence-corrected chi connectivity index (χ2v) is 4.17. The SMILES string of the molecule is CN(C)C(=O)N1C(O)C(=O)[C@@H]1c1ccccc1. The summed E-state index contributed by atoms with van der Waals surface area (Å²) < 4.78 is 0. The third kappa shape index (κ3) is 1.78. The predicted molar refractivity (Wildman–Crippen MR) is 61.1 cm³/mol. The van der Waals surface area contributed by atoms with Crippen LogP contribution in [0, 0.1) is 0 Å². The highest BCUT2D eigenvalue weighted by Gasteiger charge is 2.50. The van der Waals surface area contributed by atoms with Crippen LogP contribution >= 0.6 is 0 Å². The average molecular weight is 234 g/mol. The second-order valence-electron chi connectivity index (χ2n) is 4.17. The lowest BCUT2D eigenvalue weighted by molar-refractivity contribution is -0.162. The second kappa shape index (κ2) is 4.18. The van der Waals surface area contributed by atoms with E-state index < -0.39 is 12.3 Å². The fourth-order valence-corrected chi connectivity index (χ4v) is 1.88. The van der Waals surface area contributed by atoms with E-state index in [0.717, 1.165) is 5.56 Å². The summed E-state index contributed by atoms with van der Waals surface area (Å²) >= 11 is 0. The van der Waals surface area contributed by atoms with Crippen molar-refractivity contribution in [1.29, 1.82) is 0 Å². The fourth-order valence-electron chi connectivity index (χ4n) is 1.88. The molecule has 2 amide bonds. The van der Waals surface area contributed by atoms with Crippen LogP contribution in [-0.2, 0) is 4.79 Å². The first-order valence-electron chi connectivity index (χ1n) is 5.30. The van der Waals surface area contributed by atoms with Crippen molar-refractivity contribution in [3.63, 3.8) is 0 Å². The number of urea groups is 1. The Hall–Kier alpha value is -1.88. The van der Waals surface area contributed by atoms with Crippen molar-refractivity contribution in [3.8, 4) is 0 Å². The topological polar surface area (TPSA) is 60.9 Å². The first kappa shape index (κ1) is 11.6. The summed E-state index contributed by atoms with van der Waals surface area (Å²) in [7, 11) is 3.17. The van der Waals surface area contributed by atoms with Gasteiger partial charge >= 0.3 is 6.03 Å². The van der Waals surface area contributed by atoms with Gasteiger partial charge in [0, 0.05) is 14.1 Å². The molecule has 90 valence electrons. The number of nitrogens with zero attached hydrogens (tertiary/aromatic N) is 2. The van der Waals surface area contributed by atoms with Gasteiger partial charge in [0.25, 0.3) is 0 Å². The Balaban J connectivity index is 2.28. The maximum atomic E-state index is 11.8. The molecular formula is C12H14N2O3. The molecule has 1 fully saturated rings. The zero-order valence-corrected chi connectivity index (χ0v) is 9.70. The third-order valence-electron chi connectivity index (χ3n) is 2.78. The quantitative estimate of drug-likeness (QED) is 0.774. The van der Waals surface area contributed by atoms with E-state index >= 15 is 0 Å². The Morgan fingerprint density at radius 1 is 1.29 bits per heavy atom. The van der Waals surface area contributed by atoms with E-state index in [1.165, 1.54) is 9.80 Å². The number of amides is 2. The van der Waals surface area contributed by atoms with Crippen LogP contribution in [0.25, 0.3) is 0 Å². The summed E-state index contributed by atoms with van der Waals surface area (Å²) in [5.41, 5.74) is 0.720. The smallest absolute Gasteiger partial charge is 0.322 e. The first-order chi connectivity index (χ1) is 8.04. The molecule has 1 aliphatic rings. The van der Waals surface area contributed by atoms with Crippen molar-refractivity contribution in [2.24, 2.45) is 0 Å². The van der Waals surface area contributed by atoms with Crippen LogP contribution in [0.3, 0.4) is 0 Å². The predicted octanol–water partition coefficient (Wildman–Crippen LogP) is 0.612. The van der Waals surface area contributed by atoms with E-state index in [4.69, 9.17) is 0 Å². The van der Waals surface area contributed by atoms with Gasteiger partial charge in [-0.2, -0.15) is 0 Å². The monoisotopic (exact) mass is 234 g/mol. The molecule has 5 nitrogen and oxygen atoms in total. The molecular weight excluding hydrogens is 220 g/mol. The lowest BCUT2D eigenvalue weighted by atomic mass is 9.92. The number of likely N-dealkylation sites (tertiary alicyclic amines) is 1. The maximum Gasteiger partial charge on any atom is 0.322 e. The van der Waals surface area contributed by atoms with Crippen LogP contribution < -0.4 is 0 Å². The lowest BCUT2D eigenvalue weighted by Gasteiger charge is -2.44. The standard InChI is InChI=1S/C12H14N2O3/c1-13(2)12(17)14-9(10(15)11(14)16)8-6-4-3-5-7-8/h3-7,9,11,16H,1-2H3/t9-,11?/m0/s1. The van der Waals surface area contributed by atoms with Gasteiger partial charge < -0.3 is 10.0 Å². The normalized spacial score (nSPS) is 23.2. The summed E-state index contributed by atoms with van der Waals surface area (Å²) in [6.45, 7) is 0. The van der Waals surface area contributed by atoms with Crippen molar-refractivity contribution >= 4 is 11.8 Å². The molecule has 1 heterocycles. The number of rotatable bonds is 1. The first-order valence-corrected chi connectivity index (χ1v) is 5.30. The van der Waals surface area contributed by atoms with Gasteiger partial charge in [0.15, 0.2) is 6.23 Å². The van der Waals surface area contributed by atoms with Crippen LogP contribution in [0.5, 0.6) is 0 Å². The summed E-state index contributed by atoms with van der Waals surface area (Å²) in [6.07, 6.45) is -1.32. The third-order valence-corrected chi connectivity index (χ3v) is 2.78. The van der Waals surface area contributed by atoms with E-state index in [2.05, 4.69) is 0 Å². The van der Waals surface area contributed by atoms with E-state index in [9.17, 15) is 14.7 Å². The Labute approximate surface area is 99.3 Å². The summed E-state index contributed by atoms with van der Waals surface area (Å²) in [4.78, 5) is 26.0. The van der Waals surface area contributed by atoms with E-state index in [-0.39, 0.29) is 11.8 Å². The number of carbonyl (C=O) groups excluding carboxylic acids is 2. The Morgan fingerprint density at radius 3 is 2.41 bits per heavy atom. The molecule has 17 heavy (non-hydrogen) atoms. The Bertz CT molecular complexity index is 444. The molecule has 0 spiro atoms. The number of carbonyl (C=O) groups is 2. The Kier molecular flexibility index (Phi) is 2.85. The van der Waals surface area contributed by atoms with Crippen LogP contribution in [0.1, 0.15) is 11.6 Å². The molecule has 1 unspecified atom stereocenters. The average Bonchev–Trinajstić information content (AvgIpc) is 2.34. The zero-order chi connectivity index (χ0) is 12.6. The largest absolute Gasteiger partial charge is 0.367 e. The van der Waals surface area contributed by atoms with Gasteiger partial charge in [-0.1, -0.05) is 30.3 Å². The van der Waals surface area contributed by atoms with Crippen LogP contribution in [-0.4, -0.2) is 47.0 Å². The molecule has 1 aliphatic heterocycles. The maximum absolute atomic E-state index is 11.8. The van der Waals surface area contributed by atoms with E-state index in [1.807, 2.05) is 6.07 Å². The highest BCUT2D eigenvalue weighted by molar-refractivity contribution is 6.00. The molecule has 0 radical (unpaired) electrons. The van der Waals surface area contributed by atoms with Crippen molar-refractivity contribution < 1.29 is 14.7 Å². The minimum absolute atomic E-state index is 0.341. The van der Waals surface area contributed by atoms with Crippen LogP contribution in [0.2, 0.25) is 0 Å². The molecule has 5 heteroatoms. The molecule has 1 aromatic rings.